The Morgan fingerprint density at radius 3 is 2.67 bits per heavy atom. The van der Waals surface area contributed by atoms with Gasteiger partial charge in [0, 0.05) is 23.1 Å². The fourth-order valence-corrected chi connectivity index (χ4v) is 2.82. The summed E-state index contributed by atoms with van der Waals surface area (Å²) in [5, 5.41) is 2.83. The molecule has 1 aliphatic rings. The van der Waals surface area contributed by atoms with Gasteiger partial charge in [-0.3, -0.25) is 9.59 Å². The number of hydrogen-bond donors (Lipinski definition) is 1. The fraction of sp³-hybridized carbons (Fsp3) is 0.222. The van der Waals surface area contributed by atoms with Gasteiger partial charge in [-0.1, -0.05) is 28.1 Å². The SMILES string of the molecule is CC1Oc2ccccc2N(CCC(=O)Nc2ccc(Br)cc2)C1=O. The van der Waals surface area contributed by atoms with Crippen LogP contribution in [0.5, 0.6) is 5.75 Å². The van der Waals surface area contributed by atoms with E-state index in [0.717, 1.165) is 10.2 Å². The first-order valence-corrected chi connectivity index (χ1v) is 8.46. The Hall–Kier alpha value is -2.34. The molecule has 2 amide bonds. The predicted octanol–water partition coefficient (Wildman–Crippen LogP) is 3.59. The second-order valence-corrected chi connectivity index (χ2v) is 6.44. The molecular formula is C18H17BrN2O3. The molecule has 0 aliphatic carbocycles. The Kier molecular flexibility index (Phi) is 4.85. The standard InChI is InChI=1S/C18H17BrN2O3/c1-12-18(23)21(15-4-2-3-5-16(15)24-12)11-10-17(22)20-14-8-6-13(19)7-9-14/h2-9,12H,10-11H2,1H3,(H,20,22). The van der Waals surface area contributed by atoms with Crippen molar-refractivity contribution in [3.05, 3.63) is 53.0 Å². The van der Waals surface area contributed by atoms with E-state index >= 15 is 0 Å². The van der Waals surface area contributed by atoms with Crippen LogP contribution in [0.1, 0.15) is 13.3 Å². The third-order valence-corrected chi connectivity index (χ3v) is 4.29. The van der Waals surface area contributed by atoms with Gasteiger partial charge in [-0.15, -0.1) is 0 Å². The van der Waals surface area contributed by atoms with Gasteiger partial charge < -0.3 is 15.0 Å². The molecular weight excluding hydrogens is 372 g/mol. The summed E-state index contributed by atoms with van der Waals surface area (Å²) in [5.74, 6) is 0.393. The molecule has 6 heteroatoms. The molecule has 1 atom stereocenters. The topological polar surface area (TPSA) is 58.6 Å². The van der Waals surface area contributed by atoms with Crippen LogP contribution in [0.4, 0.5) is 11.4 Å². The smallest absolute Gasteiger partial charge is 0.267 e. The van der Waals surface area contributed by atoms with E-state index in [0.29, 0.717) is 18.0 Å². The van der Waals surface area contributed by atoms with E-state index < -0.39 is 6.10 Å². The number of nitrogens with zero attached hydrogens (tertiary/aromatic N) is 1. The van der Waals surface area contributed by atoms with Gasteiger partial charge in [-0.25, -0.2) is 0 Å². The highest BCUT2D eigenvalue weighted by atomic mass is 79.9. The monoisotopic (exact) mass is 388 g/mol. The predicted molar refractivity (Wildman–Crippen MR) is 96.3 cm³/mol. The van der Waals surface area contributed by atoms with Gasteiger partial charge in [0.2, 0.25) is 5.91 Å². The van der Waals surface area contributed by atoms with Crippen molar-refractivity contribution in [3.63, 3.8) is 0 Å². The molecule has 1 unspecified atom stereocenters. The van der Waals surface area contributed by atoms with E-state index in [-0.39, 0.29) is 18.2 Å². The molecule has 0 saturated carbocycles. The van der Waals surface area contributed by atoms with Crippen molar-refractivity contribution in [1.82, 2.24) is 0 Å². The largest absolute Gasteiger partial charge is 0.479 e. The van der Waals surface area contributed by atoms with Gasteiger partial charge in [-0.2, -0.15) is 0 Å². The molecule has 1 N–H and O–H groups in total. The first-order chi connectivity index (χ1) is 11.5. The molecule has 3 rings (SSSR count). The fourth-order valence-electron chi connectivity index (χ4n) is 2.56. The molecule has 2 aromatic carbocycles. The van der Waals surface area contributed by atoms with E-state index in [1.165, 1.54) is 0 Å². The number of para-hydroxylation sites is 2. The lowest BCUT2D eigenvalue weighted by molar-refractivity contribution is -0.125. The Balaban J connectivity index is 1.66. The summed E-state index contributed by atoms with van der Waals surface area (Å²) in [7, 11) is 0. The van der Waals surface area contributed by atoms with Crippen molar-refractivity contribution < 1.29 is 14.3 Å². The number of benzene rings is 2. The lowest BCUT2D eigenvalue weighted by Crippen LogP contribution is -2.45. The quantitative estimate of drug-likeness (QED) is 0.870. The second kappa shape index (κ2) is 7.05. The molecule has 124 valence electrons. The molecule has 1 aliphatic heterocycles. The third-order valence-electron chi connectivity index (χ3n) is 3.76. The Bertz CT molecular complexity index is 761. The number of fused-ring (bicyclic) bond motifs is 1. The number of anilines is 2. The molecule has 2 aromatic rings. The Labute approximate surface area is 148 Å². The zero-order valence-corrected chi connectivity index (χ0v) is 14.7. The van der Waals surface area contributed by atoms with Crippen LogP contribution >= 0.6 is 15.9 Å². The molecule has 5 nitrogen and oxygen atoms in total. The molecule has 0 saturated heterocycles. The van der Waals surface area contributed by atoms with Crippen molar-refractivity contribution >= 4 is 39.1 Å². The minimum absolute atomic E-state index is 0.134. The van der Waals surface area contributed by atoms with Crippen LogP contribution in [-0.4, -0.2) is 24.5 Å². The number of nitrogens with one attached hydrogen (secondary N) is 1. The van der Waals surface area contributed by atoms with Gasteiger partial charge in [0.1, 0.15) is 5.75 Å². The summed E-state index contributed by atoms with van der Waals surface area (Å²) < 4.78 is 6.54. The lowest BCUT2D eigenvalue weighted by Gasteiger charge is -2.32. The van der Waals surface area contributed by atoms with E-state index in [9.17, 15) is 9.59 Å². The van der Waals surface area contributed by atoms with E-state index in [4.69, 9.17) is 4.74 Å². The minimum atomic E-state index is -0.547. The zero-order chi connectivity index (χ0) is 17.1. The first-order valence-electron chi connectivity index (χ1n) is 7.67. The normalized spacial score (nSPS) is 16.3. The number of carbonyl (C=O) groups excluding carboxylic acids is 2. The van der Waals surface area contributed by atoms with Crippen molar-refractivity contribution in [2.75, 3.05) is 16.8 Å². The number of amides is 2. The van der Waals surface area contributed by atoms with Crippen molar-refractivity contribution in [2.45, 2.75) is 19.4 Å². The van der Waals surface area contributed by atoms with Crippen molar-refractivity contribution in [2.24, 2.45) is 0 Å². The maximum Gasteiger partial charge on any atom is 0.267 e. The highest BCUT2D eigenvalue weighted by molar-refractivity contribution is 9.10. The number of hydrogen-bond acceptors (Lipinski definition) is 3. The van der Waals surface area contributed by atoms with Crippen LogP contribution in [0.15, 0.2) is 53.0 Å². The third kappa shape index (κ3) is 3.59. The maximum atomic E-state index is 12.4. The Morgan fingerprint density at radius 1 is 1.21 bits per heavy atom. The summed E-state index contributed by atoms with van der Waals surface area (Å²) in [6.45, 7) is 2.03. The number of rotatable bonds is 4. The summed E-state index contributed by atoms with van der Waals surface area (Å²) in [4.78, 5) is 26.1. The van der Waals surface area contributed by atoms with Gasteiger partial charge >= 0.3 is 0 Å². The highest BCUT2D eigenvalue weighted by Crippen LogP contribution is 2.33. The van der Waals surface area contributed by atoms with Gasteiger partial charge in [-0.05, 0) is 43.3 Å². The highest BCUT2D eigenvalue weighted by Gasteiger charge is 2.31. The first kappa shape index (κ1) is 16.5. The van der Waals surface area contributed by atoms with E-state index in [1.54, 1.807) is 11.8 Å². The van der Waals surface area contributed by atoms with Crippen LogP contribution in [0.25, 0.3) is 0 Å². The molecule has 0 radical (unpaired) electrons. The van der Waals surface area contributed by atoms with Gasteiger partial charge in [0.15, 0.2) is 6.10 Å². The summed E-state index contributed by atoms with van der Waals surface area (Å²) in [5.41, 5.74) is 1.43. The second-order valence-electron chi connectivity index (χ2n) is 5.52. The van der Waals surface area contributed by atoms with Crippen molar-refractivity contribution in [3.8, 4) is 5.75 Å². The molecule has 0 fully saturated rings. The number of halogens is 1. The van der Waals surface area contributed by atoms with Crippen LogP contribution in [0.3, 0.4) is 0 Å². The lowest BCUT2D eigenvalue weighted by atomic mass is 10.1. The van der Waals surface area contributed by atoms with Crippen LogP contribution in [-0.2, 0) is 9.59 Å². The summed E-state index contributed by atoms with van der Waals surface area (Å²) in [6, 6.07) is 14.7. The average Bonchev–Trinajstić information content (AvgIpc) is 2.57. The Morgan fingerprint density at radius 2 is 1.92 bits per heavy atom. The molecule has 0 spiro atoms. The zero-order valence-electron chi connectivity index (χ0n) is 13.2. The van der Waals surface area contributed by atoms with E-state index in [1.807, 2.05) is 48.5 Å². The number of ether oxygens (including phenoxy) is 1. The van der Waals surface area contributed by atoms with Crippen LogP contribution in [0, 0.1) is 0 Å². The van der Waals surface area contributed by atoms with Crippen molar-refractivity contribution in [1.29, 1.82) is 0 Å². The molecule has 0 aromatic heterocycles. The van der Waals surface area contributed by atoms with E-state index in [2.05, 4.69) is 21.2 Å². The van der Waals surface area contributed by atoms with Crippen LogP contribution in [0.2, 0.25) is 0 Å². The maximum absolute atomic E-state index is 12.4. The molecule has 24 heavy (non-hydrogen) atoms. The molecule has 1 heterocycles. The van der Waals surface area contributed by atoms with Crippen LogP contribution < -0.4 is 15.0 Å². The van der Waals surface area contributed by atoms with Gasteiger partial charge in [0.25, 0.3) is 5.91 Å². The minimum Gasteiger partial charge on any atom is -0.479 e. The van der Waals surface area contributed by atoms with Gasteiger partial charge in [0.05, 0.1) is 5.69 Å². The average molecular weight is 389 g/mol. The number of carbonyl (C=O) groups is 2. The summed E-state index contributed by atoms with van der Waals surface area (Å²) in [6.07, 6.45) is -0.336. The summed E-state index contributed by atoms with van der Waals surface area (Å²) >= 11 is 3.35. The molecule has 0 bridgehead atoms.